The van der Waals surface area contributed by atoms with E-state index in [0.29, 0.717) is 5.82 Å². The van der Waals surface area contributed by atoms with Crippen molar-refractivity contribution >= 4 is 17.7 Å². The maximum absolute atomic E-state index is 12.6. The molecule has 0 saturated heterocycles. The largest absolute Gasteiger partial charge is 0.465 e. The summed E-state index contributed by atoms with van der Waals surface area (Å²) in [6.07, 6.45) is 5.11. The van der Waals surface area contributed by atoms with Crippen molar-refractivity contribution in [3.05, 3.63) is 23.9 Å². The number of pyridine rings is 1. The highest BCUT2D eigenvalue weighted by Gasteiger charge is 2.36. The van der Waals surface area contributed by atoms with Gasteiger partial charge >= 0.3 is 5.97 Å². The lowest BCUT2D eigenvalue weighted by molar-refractivity contribution is -0.153. The van der Waals surface area contributed by atoms with E-state index in [1.807, 2.05) is 19.1 Å². The summed E-state index contributed by atoms with van der Waals surface area (Å²) in [5.74, 6) is -0.904. The average Bonchev–Trinajstić information content (AvgIpc) is 2.49. The lowest BCUT2D eigenvalue weighted by Crippen LogP contribution is -2.38. The lowest BCUT2D eigenvalue weighted by atomic mass is 9.79. The third-order valence-corrected chi connectivity index (χ3v) is 4.08. The maximum Gasteiger partial charge on any atom is 0.318 e. The number of nitrogens with one attached hydrogen (secondary N) is 1. The monoisotopic (exact) mass is 304 g/mol. The van der Waals surface area contributed by atoms with Gasteiger partial charge in [-0.25, -0.2) is 4.98 Å². The molecule has 22 heavy (non-hydrogen) atoms. The number of esters is 1. The molecule has 1 amide bonds. The standard InChI is InChI=1S/C17H24N2O3/c1-3-22-17(21)15(13-9-5-4-6-10-13)16(20)19-14-11-7-8-12(2)18-14/h7-8,11,13,15H,3-6,9-10H2,1-2H3,(H,18,19,20)/t15-/m1/s1. The van der Waals surface area contributed by atoms with E-state index in [2.05, 4.69) is 10.3 Å². The van der Waals surface area contributed by atoms with Crippen LogP contribution >= 0.6 is 0 Å². The van der Waals surface area contributed by atoms with Crippen LogP contribution in [0.2, 0.25) is 0 Å². The number of aryl methyl sites for hydroxylation is 1. The summed E-state index contributed by atoms with van der Waals surface area (Å²) in [7, 11) is 0. The van der Waals surface area contributed by atoms with Crippen LogP contribution in [-0.2, 0) is 14.3 Å². The molecule has 1 atom stereocenters. The summed E-state index contributed by atoms with van der Waals surface area (Å²) in [4.78, 5) is 29.1. The molecular formula is C17H24N2O3. The molecule has 0 aliphatic heterocycles. The molecule has 1 N–H and O–H groups in total. The van der Waals surface area contributed by atoms with Gasteiger partial charge in [-0.05, 0) is 44.7 Å². The Morgan fingerprint density at radius 3 is 2.68 bits per heavy atom. The molecule has 0 radical (unpaired) electrons. The van der Waals surface area contributed by atoms with E-state index in [-0.39, 0.29) is 18.4 Å². The van der Waals surface area contributed by atoms with E-state index in [1.165, 1.54) is 6.42 Å². The molecule has 1 aromatic rings. The average molecular weight is 304 g/mol. The van der Waals surface area contributed by atoms with Crippen LogP contribution in [0.5, 0.6) is 0 Å². The molecule has 0 aromatic carbocycles. The molecule has 5 nitrogen and oxygen atoms in total. The minimum absolute atomic E-state index is 0.0672. The van der Waals surface area contributed by atoms with Gasteiger partial charge in [0, 0.05) is 5.69 Å². The third-order valence-electron chi connectivity index (χ3n) is 4.08. The van der Waals surface area contributed by atoms with Crippen molar-refractivity contribution < 1.29 is 14.3 Å². The number of aromatic nitrogens is 1. The molecule has 1 fully saturated rings. The topological polar surface area (TPSA) is 68.3 Å². The summed E-state index contributed by atoms with van der Waals surface area (Å²) < 4.78 is 5.12. The minimum Gasteiger partial charge on any atom is -0.465 e. The van der Waals surface area contributed by atoms with Crippen LogP contribution in [0.3, 0.4) is 0 Å². The van der Waals surface area contributed by atoms with E-state index in [1.54, 1.807) is 13.0 Å². The molecule has 5 heteroatoms. The van der Waals surface area contributed by atoms with E-state index in [4.69, 9.17) is 4.74 Å². The second-order valence-corrected chi connectivity index (χ2v) is 5.78. The van der Waals surface area contributed by atoms with Crippen molar-refractivity contribution in [2.75, 3.05) is 11.9 Å². The highest BCUT2D eigenvalue weighted by molar-refractivity contribution is 6.04. The first-order valence-corrected chi connectivity index (χ1v) is 8.03. The van der Waals surface area contributed by atoms with Gasteiger partial charge < -0.3 is 10.1 Å². The zero-order valence-corrected chi connectivity index (χ0v) is 13.3. The van der Waals surface area contributed by atoms with Gasteiger partial charge in [-0.3, -0.25) is 9.59 Å². The Kier molecular flexibility index (Phi) is 5.92. The highest BCUT2D eigenvalue weighted by Crippen LogP contribution is 2.31. The zero-order chi connectivity index (χ0) is 15.9. The minimum atomic E-state index is -0.734. The number of hydrogen-bond donors (Lipinski definition) is 1. The van der Waals surface area contributed by atoms with Gasteiger partial charge in [-0.1, -0.05) is 25.3 Å². The third kappa shape index (κ3) is 4.29. The van der Waals surface area contributed by atoms with Gasteiger partial charge in [-0.2, -0.15) is 0 Å². The number of ether oxygens (including phenoxy) is 1. The van der Waals surface area contributed by atoms with Crippen LogP contribution in [0.1, 0.15) is 44.7 Å². The summed E-state index contributed by atoms with van der Waals surface area (Å²) in [5, 5.41) is 2.77. The second kappa shape index (κ2) is 7.92. The lowest BCUT2D eigenvalue weighted by Gasteiger charge is -2.27. The molecule has 1 aliphatic rings. The van der Waals surface area contributed by atoms with Crippen molar-refractivity contribution in [2.24, 2.45) is 11.8 Å². The van der Waals surface area contributed by atoms with Gasteiger partial charge in [0.15, 0.2) is 0 Å². The van der Waals surface area contributed by atoms with E-state index in [9.17, 15) is 9.59 Å². The fourth-order valence-corrected chi connectivity index (χ4v) is 3.03. The quantitative estimate of drug-likeness (QED) is 0.670. The Labute approximate surface area is 131 Å². The van der Waals surface area contributed by atoms with Crippen LogP contribution in [0.4, 0.5) is 5.82 Å². The predicted octanol–water partition coefficient (Wildman–Crippen LogP) is 3.09. The highest BCUT2D eigenvalue weighted by atomic mass is 16.5. The summed E-state index contributed by atoms with van der Waals surface area (Å²) in [6, 6.07) is 5.42. The number of amides is 1. The van der Waals surface area contributed by atoms with Crippen LogP contribution in [0.25, 0.3) is 0 Å². The number of carbonyl (C=O) groups excluding carboxylic acids is 2. The molecule has 0 bridgehead atoms. The smallest absolute Gasteiger partial charge is 0.318 e. The molecule has 120 valence electrons. The number of hydrogen-bond acceptors (Lipinski definition) is 4. The Morgan fingerprint density at radius 2 is 2.05 bits per heavy atom. The maximum atomic E-state index is 12.6. The number of nitrogens with zero attached hydrogens (tertiary/aromatic N) is 1. The van der Waals surface area contributed by atoms with Crippen molar-refractivity contribution in [1.82, 2.24) is 4.98 Å². The van der Waals surface area contributed by atoms with Crippen molar-refractivity contribution in [1.29, 1.82) is 0 Å². The van der Waals surface area contributed by atoms with Gasteiger partial charge in [0.2, 0.25) is 5.91 Å². The Morgan fingerprint density at radius 1 is 1.32 bits per heavy atom. The molecule has 0 spiro atoms. The number of rotatable bonds is 5. The van der Waals surface area contributed by atoms with Crippen LogP contribution in [-0.4, -0.2) is 23.5 Å². The van der Waals surface area contributed by atoms with Gasteiger partial charge in [0.05, 0.1) is 6.61 Å². The van der Waals surface area contributed by atoms with Crippen LogP contribution in [0, 0.1) is 18.8 Å². The van der Waals surface area contributed by atoms with E-state index < -0.39 is 11.9 Å². The Bertz CT molecular complexity index is 524. The fourth-order valence-electron chi connectivity index (χ4n) is 3.03. The molecule has 2 rings (SSSR count). The molecule has 1 aromatic heterocycles. The van der Waals surface area contributed by atoms with Crippen LogP contribution in [0.15, 0.2) is 18.2 Å². The molecule has 1 heterocycles. The van der Waals surface area contributed by atoms with Gasteiger partial charge in [0.1, 0.15) is 11.7 Å². The van der Waals surface area contributed by atoms with Crippen molar-refractivity contribution in [3.8, 4) is 0 Å². The first-order valence-electron chi connectivity index (χ1n) is 8.03. The number of carbonyl (C=O) groups is 2. The van der Waals surface area contributed by atoms with Crippen molar-refractivity contribution in [2.45, 2.75) is 46.0 Å². The predicted molar refractivity (Wildman–Crippen MR) is 84.3 cm³/mol. The van der Waals surface area contributed by atoms with Crippen molar-refractivity contribution in [3.63, 3.8) is 0 Å². The Balaban J connectivity index is 2.12. The van der Waals surface area contributed by atoms with E-state index in [0.717, 1.165) is 31.4 Å². The SMILES string of the molecule is CCOC(=O)[C@@H](C(=O)Nc1cccc(C)n1)C1CCCCC1. The molecule has 0 unspecified atom stereocenters. The van der Waals surface area contributed by atoms with Crippen LogP contribution < -0.4 is 5.32 Å². The van der Waals surface area contributed by atoms with Gasteiger partial charge in [0.25, 0.3) is 0 Å². The summed E-state index contributed by atoms with van der Waals surface area (Å²) in [5.41, 5.74) is 0.822. The van der Waals surface area contributed by atoms with Gasteiger partial charge in [-0.15, -0.1) is 0 Å². The normalized spacial score (nSPS) is 16.8. The Hall–Kier alpha value is -1.91. The zero-order valence-electron chi connectivity index (χ0n) is 13.3. The first-order chi connectivity index (χ1) is 10.6. The molecule has 1 aliphatic carbocycles. The second-order valence-electron chi connectivity index (χ2n) is 5.78. The summed E-state index contributed by atoms with van der Waals surface area (Å²) >= 11 is 0. The number of anilines is 1. The molecule has 1 saturated carbocycles. The van der Waals surface area contributed by atoms with E-state index >= 15 is 0 Å². The molecular weight excluding hydrogens is 280 g/mol. The first kappa shape index (κ1) is 16.5. The summed E-state index contributed by atoms with van der Waals surface area (Å²) in [6.45, 7) is 3.91. The fraction of sp³-hybridized carbons (Fsp3) is 0.588.